The highest BCUT2D eigenvalue weighted by Gasteiger charge is 2.36. The molecule has 1 aromatic carbocycles. The van der Waals surface area contributed by atoms with Crippen LogP contribution in [0.2, 0.25) is 0 Å². The first kappa shape index (κ1) is 21.1. The fraction of sp³-hybridized carbons (Fsp3) is 0.333. The molecule has 1 aromatic heterocycles. The van der Waals surface area contributed by atoms with E-state index in [1.807, 2.05) is 6.07 Å². The number of nitriles is 1. The summed E-state index contributed by atoms with van der Waals surface area (Å²) in [7, 11) is 0. The lowest BCUT2D eigenvalue weighted by Crippen LogP contribution is -2.21. The minimum absolute atomic E-state index is 0.0180. The van der Waals surface area contributed by atoms with Crippen LogP contribution in [-0.4, -0.2) is 28.1 Å². The van der Waals surface area contributed by atoms with Gasteiger partial charge in [-0.3, -0.25) is 4.79 Å². The van der Waals surface area contributed by atoms with Gasteiger partial charge in [-0.2, -0.15) is 18.4 Å². The maximum Gasteiger partial charge on any atom is 0.433 e. The van der Waals surface area contributed by atoms with E-state index in [-0.39, 0.29) is 24.5 Å². The molecule has 0 radical (unpaired) electrons. The van der Waals surface area contributed by atoms with Crippen LogP contribution in [-0.2, 0) is 17.5 Å². The van der Waals surface area contributed by atoms with Crippen LogP contribution >= 0.6 is 0 Å². The number of alkyl halides is 3. The lowest BCUT2D eigenvalue weighted by atomic mass is 10.2. The number of benzene rings is 1. The monoisotopic (exact) mass is 393 g/mol. The van der Waals surface area contributed by atoms with Gasteiger partial charge in [0.05, 0.1) is 11.6 Å². The first-order valence-electron chi connectivity index (χ1n) is 8.36. The van der Waals surface area contributed by atoms with E-state index in [0.29, 0.717) is 23.7 Å². The number of nitrogens with one attached hydrogen (secondary N) is 2. The number of hydrogen-bond acceptors (Lipinski definition) is 6. The molecule has 1 fully saturated rings. The Morgan fingerprint density at radius 1 is 1.36 bits per heavy atom. The third-order valence-corrected chi connectivity index (χ3v) is 3.83. The van der Waals surface area contributed by atoms with Gasteiger partial charge >= 0.3 is 6.18 Å². The van der Waals surface area contributed by atoms with E-state index in [9.17, 15) is 13.2 Å². The topological polar surface area (TPSA) is 111 Å². The van der Waals surface area contributed by atoms with Crippen LogP contribution < -0.4 is 10.6 Å². The Morgan fingerprint density at radius 2 is 2.07 bits per heavy atom. The third kappa shape index (κ3) is 6.51. The Hall–Kier alpha value is -3.19. The second kappa shape index (κ2) is 9.66. The van der Waals surface area contributed by atoms with E-state index >= 15 is 0 Å². The normalized spacial score (nSPS) is 13.1. The summed E-state index contributed by atoms with van der Waals surface area (Å²) < 4.78 is 39.9. The Labute approximate surface area is 159 Å². The first-order chi connectivity index (χ1) is 13.4. The highest BCUT2D eigenvalue weighted by Crippen LogP contribution is 2.32. The number of halogens is 3. The number of carboxylic acid groups (broad SMARTS) is 1. The molecule has 3 rings (SSSR count). The molecule has 0 aliphatic heterocycles. The minimum atomic E-state index is -4.57. The van der Waals surface area contributed by atoms with E-state index in [4.69, 9.17) is 15.2 Å². The maximum atomic E-state index is 13.3. The van der Waals surface area contributed by atoms with Gasteiger partial charge in [-0.25, -0.2) is 9.97 Å². The molecule has 1 aliphatic carbocycles. The molecule has 28 heavy (non-hydrogen) atoms. The molecule has 0 bridgehead atoms. The van der Waals surface area contributed by atoms with Crippen molar-refractivity contribution in [1.82, 2.24) is 15.3 Å². The highest BCUT2D eigenvalue weighted by atomic mass is 19.4. The van der Waals surface area contributed by atoms with Crippen molar-refractivity contribution in [2.45, 2.75) is 25.6 Å². The van der Waals surface area contributed by atoms with E-state index in [0.717, 1.165) is 12.8 Å². The molecule has 1 saturated carbocycles. The van der Waals surface area contributed by atoms with Crippen molar-refractivity contribution < 1.29 is 23.1 Å². The average Bonchev–Trinajstić information content (AvgIpc) is 3.47. The van der Waals surface area contributed by atoms with Crippen molar-refractivity contribution in [1.29, 1.82) is 5.26 Å². The van der Waals surface area contributed by atoms with Gasteiger partial charge < -0.3 is 15.7 Å². The predicted octanol–water partition coefficient (Wildman–Crippen LogP) is 3.31. The molecular formula is C18H18F3N5O2. The average molecular weight is 393 g/mol. The molecule has 148 valence electrons. The summed E-state index contributed by atoms with van der Waals surface area (Å²) in [6.07, 6.45) is -1.13. The molecule has 10 heteroatoms. The van der Waals surface area contributed by atoms with Crippen LogP contribution in [0.4, 0.5) is 24.8 Å². The minimum Gasteiger partial charge on any atom is -0.483 e. The molecule has 0 amide bonds. The molecule has 1 heterocycles. The van der Waals surface area contributed by atoms with Crippen molar-refractivity contribution >= 4 is 18.1 Å². The molecule has 7 nitrogen and oxygen atoms in total. The quantitative estimate of drug-likeness (QED) is 0.646. The number of carbonyl (C=O) groups is 1. The maximum absolute atomic E-state index is 13.3. The first-order valence-corrected chi connectivity index (χ1v) is 8.36. The van der Waals surface area contributed by atoms with Gasteiger partial charge in [0, 0.05) is 24.0 Å². The van der Waals surface area contributed by atoms with Crippen LogP contribution in [0.5, 0.6) is 0 Å². The Morgan fingerprint density at radius 3 is 2.68 bits per heavy atom. The van der Waals surface area contributed by atoms with Gasteiger partial charge in [-0.1, -0.05) is 6.07 Å². The number of nitrogens with zero attached hydrogens (tertiary/aromatic N) is 3. The summed E-state index contributed by atoms with van der Waals surface area (Å²) in [5.41, 5.74) is -0.0945. The van der Waals surface area contributed by atoms with Gasteiger partial charge in [-0.05, 0) is 43.5 Å². The standard InChI is InChI=1S/C17H16F3N5.CH2O2/c18-17(19,20)15-13(9-22-8-11-4-5-11)10-23-16(25-15)24-14-3-1-2-12(6-14)7-21;2-1-3/h1-3,6,10-11,22H,4-5,8-9H2,(H,23,24,25);1H,(H,2,3). The van der Waals surface area contributed by atoms with Crippen LogP contribution in [0.25, 0.3) is 0 Å². The van der Waals surface area contributed by atoms with Crippen LogP contribution in [0.15, 0.2) is 30.5 Å². The Balaban J connectivity index is 0.000000878. The zero-order valence-corrected chi connectivity index (χ0v) is 14.7. The smallest absolute Gasteiger partial charge is 0.433 e. The highest BCUT2D eigenvalue weighted by molar-refractivity contribution is 5.56. The lowest BCUT2D eigenvalue weighted by molar-refractivity contribution is -0.141. The Kier molecular flexibility index (Phi) is 7.28. The largest absolute Gasteiger partial charge is 0.483 e. The van der Waals surface area contributed by atoms with E-state index < -0.39 is 11.9 Å². The van der Waals surface area contributed by atoms with Gasteiger partial charge in [0.15, 0.2) is 5.69 Å². The van der Waals surface area contributed by atoms with Gasteiger partial charge in [0.2, 0.25) is 5.95 Å². The van der Waals surface area contributed by atoms with Crippen LogP contribution in [0.3, 0.4) is 0 Å². The van der Waals surface area contributed by atoms with E-state index in [1.165, 1.54) is 12.3 Å². The summed E-state index contributed by atoms with van der Waals surface area (Å²) in [5, 5.41) is 21.5. The van der Waals surface area contributed by atoms with Crippen molar-refractivity contribution in [2.24, 2.45) is 5.92 Å². The van der Waals surface area contributed by atoms with Gasteiger partial charge in [-0.15, -0.1) is 0 Å². The van der Waals surface area contributed by atoms with Crippen LogP contribution in [0, 0.1) is 17.2 Å². The summed E-state index contributed by atoms with van der Waals surface area (Å²) in [6.45, 7) is 0.536. The molecule has 0 spiro atoms. The molecule has 0 saturated heterocycles. The molecule has 0 atom stereocenters. The fourth-order valence-electron chi connectivity index (χ4n) is 2.37. The van der Waals surface area contributed by atoms with Crippen molar-refractivity contribution in [3.05, 3.63) is 47.3 Å². The van der Waals surface area contributed by atoms with Gasteiger partial charge in [0.25, 0.3) is 6.47 Å². The summed E-state index contributed by atoms with van der Waals surface area (Å²) in [6, 6.07) is 8.34. The number of anilines is 2. The SMILES string of the molecule is N#Cc1cccc(Nc2ncc(CNCC3CC3)c(C(F)(F)F)n2)c1.O=CO. The van der Waals surface area contributed by atoms with E-state index in [2.05, 4.69) is 20.6 Å². The number of hydrogen-bond donors (Lipinski definition) is 3. The molecule has 2 aromatic rings. The molecule has 0 unspecified atom stereocenters. The summed E-state index contributed by atoms with van der Waals surface area (Å²) >= 11 is 0. The second-order valence-corrected chi connectivity index (χ2v) is 6.06. The van der Waals surface area contributed by atoms with Gasteiger partial charge in [0.1, 0.15) is 0 Å². The number of aromatic nitrogens is 2. The molecule has 3 N–H and O–H groups in total. The summed E-state index contributed by atoms with van der Waals surface area (Å²) in [5.74, 6) is 0.414. The van der Waals surface area contributed by atoms with Crippen molar-refractivity contribution in [2.75, 3.05) is 11.9 Å². The molecular weight excluding hydrogens is 375 g/mol. The van der Waals surface area contributed by atoms with E-state index in [1.54, 1.807) is 18.2 Å². The van der Waals surface area contributed by atoms with Crippen molar-refractivity contribution in [3.63, 3.8) is 0 Å². The zero-order valence-electron chi connectivity index (χ0n) is 14.7. The predicted molar refractivity (Wildman–Crippen MR) is 94.6 cm³/mol. The molecule has 1 aliphatic rings. The number of rotatable bonds is 6. The third-order valence-electron chi connectivity index (χ3n) is 3.83. The van der Waals surface area contributed by atoms with Crippen molar-refractivity contribution in [3.8, 4) is 6.07 Å². The van der Waals surface area contributed by atoms with Crippen LogP contribution in [0.1, 0.15) is 29.7 Å². The summed E-state index contributed by atoms with van der Waals surface area (Å²) in [4.78, 5) is 16.0. The second-order valence-electron chi connectivity index (χ2n) is 6.06. The fourth-order valence-corrected chi connectivity index (χ4v) is 2.37. The Bertz CT molecular complexity index is 848. The lowest BCUT2D eigenvalue weighted by Gasteiger charge is -2.14. The zero-order chi connectivity index (χ0) is 20.6.